The molecule has 3 atom stereocenters. The van der Waals surface area contributed by atoms with Crippen molar-refractivity contribution in [2.24, 2.45) is 23.5 Å². The first-order chi connectivity index (χ1) is 9.69. The molecular formula is C15H23N3O2. The number of carboxylic acid groups (broad SMARTS) is 1. The van der Waals surface area contributed by atoms with Gasteiger partial charge in [-0.05, 0) is 50.5 Å². The first kappa shape index (κ1) is 13.6. The highest BCUT2D eigenvalue weighted by molar-refractivity contribution is 5.70. The molecule has 0 amide bonds. The van der Waals surface area contributed by atoms with E-state index in [9.17, 15) is 9.90 Å². The van der Waals surface area contributed by atoms with Gasteiger partial charge in [0.2, 0.25) is 0 Å². The third-order valence-electron chi connectivity index (χ3n) is 4.92. The number of imidazole rings is 1. The maximum atomic E-state index is 11.4. The fraction of sp³-hybridized carbons (Fsp3) is 0.733. The molecule has 2 fully saturated rings. The van der Waals surface area contributed by atoms with E-state index in [1.165, 1.54) is 19.3 Å². The molecule has 1 aromatic rings. The van der Waals surface area contributed by atoms with Gasteiger partial charge in [-0.2, -0.15) is 0 Å². The third-order valence-corrected chi connectivity index (χ3v) is 4.92. The van der Waals surface area contributed by atoms with E-state index in [1.807, 2.05) is 12.5 Å². The highest BCUT2D eigenvalue weighted by atomic mass is 16.4. The molecule has 0 spiro atoms. The van der Waals surface area contributed by atoms with Crippen molar-refractivity contribution in [1.29, 1.82) is 0 Å². The molecule has 2 aliphatic rings. The molecule has 5 nitrogen and oxygen atoms in total. The van der Waals surface area contributed by atoms with Crippen molar-refractivity contribution in [3.63, 3.8) is 0 Å². The molecule has 20 heavy (non-hydrogen) atoms. The zero-order valence-electron chi connectivity index (χ0n) is 11.7. The molecule has 0 aliphatic heterocycles. The third kappa shape index (κ3) is 2.73. The van der Waals surface area contributed by atoms with Crippen molar-refractivity contribution in [2.45, 2.75) is 44.6 Å². The lowest BCUT2D eigenvalue weighted by Gasteiger charge is -2.19. The number of carboxylic acids is 1. The topological polar surface area (TPSA) is 81.1 Å². The zero-order valence-corrected chi connectivity index (χ0v) is 11.7. The Kier molecular flexibility index (Phi) is 3.78. The molecule has 110 valence electrons. The fourth-order valence-electron chi connectivity index (χ4n) is 3.66. The molecule has 0 aromatic carbocycles. The summed E-state index contributed by atoms with van der Waals surface area (Å²) in [6.07, 6.45) is 9.58. The molecule has 2 saturated carbocycles. The number of aliphatic carboxylic acids is 1. The van der Waals surface area contributed by atoms with Crippen LogP contribution >= 0.6 is 0 Å². The zero-order chi connectivity index (χ0) is 14.1. The van der Waals surface area contributed by atoms with Crippen molar-refractivity contribution in [3.05, 3.63) is 18.2 Å². The van der Waals surface area contributed by atoms with Crippen LogP contribution in [0.1, 0.15) is 43.8 Å². The second kappa shape index (κ2) is 5.56. The van der Waals surface area contributed by atoms with Gasteiger partial charge in [-0.1, -0.05) is 0 Å². The Bertz CT molecular complexity index is 475. The van der Waals surface area contributed by atoms with E-state index in [2.05, 4.69) is 9.55 Å². The first-order valence-electron chi connectivity index (χ1n) is 7.62. The standard InChI is InChI=1S/C15H23N3O2/c16-3-1-2-10(15(19)20)5-14-8-17-9-18(14)13-6-11-4-12(11)7-13/h8-13H,1-7,16H2,(H,19,20)/t10?,11-,12-/m0/s1. The number of hydrogen-bond donors (Lipinski definition) is 2. The minimum atomic E-state index is -0.722. The summed E-state index contributed by atoms with van der Waals surface area (Å²) >= 11 is 0. The predicted octanol–water partition coefficient (Wildman–Crippen LogP) is 1.84. The fourth-order valence-corrected chi connectivity index (χ4v) is 3.66. The Labute approximate surface area is 119 Å². The van der Waals surface area contributed by atoms with Crippen LogP contribution in [-0.4, -0.2) is 27.2 Å². The molecule has 5 heteroatoms. The molecule has 0 bridgehead atoms. The minimum absolute atomic E-state index is 0.343. The molecule has 1 unspecified atom stereocenters. The van der Waals surface area contributed by atoms with Gasteiger partial charge in [0.05, 0.1) is 12.2 Å². The van der Waals surface area contributed by atoms with E-state index >= 15 is 0 Å². The first-order valence-corrected chi connectivity index (χ1v) is 7.62. The highest BCUT2D eigenvalue weighted by Gasteiger charge is 2.46. The number of fused-ring (bicyclic) bond motifs is 1. The van der Waals surface area contributed by atoms with Crippen LogP contribution in [-0.2, 0) is 11.2 Å². The summed E-state index contributed by atoms with van der Waals surface area (Å²) in [7, 11) is 0. The van der Waals surface area contributed by atoms with E-state index in [4.69, 9.17) is 5.73 Å². The lowest BCUT2D eigenvalue weighted by Crippen LogP contribution is -2.20. The smallest absolute Gasteiger partial charge is 0.306 e. The monoisotopic (exact) mass is 277 g/mol. The van der Waals surface area contributed by atoms with E-state index < -0.39 is 5.97 Å². The van der Waals surface area contributed by atoms with E-state index in [0.717, 1.165) is 24.0 Å². The van der Waals surface area contributed by atoms with Crippen LogP contribution in [0.25, 0.3) is 0 Å². The second-order valence-corrected chi connectivity index (χ2v) is 6.34. The van der Waals surface area contributed by atoms with Crippen molar-refractivity contribution < 1.29 is 9.90 Å². The number of carbonyl (C=O) groups is 1. The van der Waals surface area contributed by atoms with Crippen molar-refractivity contribution in [1.82, 2.24) is 9.55 Å². The molecule has 3 rings (SSSR count). The van der Waals surface area contributed by atoms with Gasteiger partial charge in [-0.3, -0.25) is 4.79 Å². The molecule has 1 heterocycles. The molecule has 2 aliphatic carbocycles. The summed E-state index contributed by atoms with van der Waals surface area (Å²) in [5, 5.41) is 9.33. The maximum absolute atomic E-state index is 11.4. The Morgan fingerprint density at radius 2 is 2.20 bits per heavy atom. The number of aromatic nitrogens is 2. The van der Waals surface area contributed by atoms with E-state index in [0.29, 0.717) is 25.4 Å². The summed E-state index contributed by atoms with van der Waals surface area (Å²) in [5.41, 5.74) is 6.56. The van der Waals surface area contributed by atoms with Crippen LogP contribution < -0.4 is 5.73 Å². The van der Waals surface area contributed by atoms with Crippen LogP contribution in [0.4, 0.5) is 0 Å². The Morgan fingerprint density at radius 3 is 2.85 bits per heavy atom. The largest absolute Gasteiger partial charge is 0.481 e. The van der Waals surface area contributed by atoms with Gasteiger partial charge in [0.15, 0.2) is 0 Å². The average molecular weight is 277 g/mol. The molecule has 0 saturated heterocycles. The summed E-state index contributed by atoms with van der Waals surface area (Å²) in [5.74, 6) is 0.774. The highest BCUT2D eigenvalue weighted by Crippen LogP contribution is 2.56. The van der Waals surface area contributed by atoms with Gasteiger partial charge in [0, 0.05) is 24.4 Å². The quantitative estimate of drug-likeness (QED) is 0.796. The summed E-state index contributed by atoms with van der Waals surface area (Å²) in [6, 6.07) is 0.542. The van der Waals surface area contributed by atoms with Crippen molar-refractivity contribution >= 4 is 5.97 Å². The van der Waals surface area contributed by atoms with Gasteiger partial charge in [0.25, 0.3) is 0 Å². The van der Waals surface area contributed by atoms with Crippen LogP contribution in [0, 0.1) is 17.8 Å². The van der Waals surface area contributed by atoms with Crippen molar-refractivity contribution in [3.8, 4) is 0 Å². The van der Waals surface area contributed by atoms with Crippen LogP contribution in [0.15, 0.2) is 12.5 Å². The molecule has 3 N–H and O–H groups in total. The second-order valence-electron chi connectivity index (χ2n) is 6.34. The normalized spacial score (nSPS) is 26.4. The number of rotatable bonds is 7. The lowest BCUT2D eigenvalue weighted by molar-refractivity contribution is -0.142. The van der Waals surface area contributed by atoms with Gasteiger partial charge in [-0.25, -0.2) is 4.98 Å². The van der Waals surface area contributed by atoms with Gasteiger partial charge >= 0.3 is 5.97 Å². The average Bonchev–Trinajstić information content (AvgIpc) is 2.87. The SMILES string of the molecule is NCCCC(Cc1cncn1C1C[C@@H]2C[C@H]2C1)C(=O)O. The van der Waals surface area contributed by atoms with E-state index in [-0.39, 0.29) is 5.92 Å². The Balaban J connectivity index is 1.67. The molecule has 0 radical (unpaired) electrons. The minimum Gasteiger partial charge on any atom is -0.481 e. The van der Waals surface area contributed by atoms with Crippen LogP contribution in [0.3, 0.4) is 0 Å². The maximum Gasteiger partial charge on any atom is 0.306 e. The molecule has 1 aromatic heterocycles. The summed E-state index contributed by atoms with van der Waals surface area (Å²) < 4.78 is 2.23. The number of hydrogen-bond acceptors (Lipinski definition) is 3. The number of nitrogens with two attached hydrogens (primary N) is 1. The van der Waals surface area contributed by atoms with Crippen LogP contribution in [0.5, 0.6) is 0 Å². The predicted molar refractivity (Wildman–Crippen MR) is 75.2 cm³/mol. The Morgan fingerprint density at radius 1 is 1.45 bits per heavy atom. The summed E-state index contributed by atoms with van der Waals surface area (Å²) in [6.45, 7) is 0.551. The Hall–Kier alpha value is -1.36. The van der Waals surface area contributed by atoms with E-state index in [1.54, 1.807) is 0 Å². The van der Waals surface area contributed by atoms with Crippen LogP contribution in [0.2, 0.25) is 0 Å². The van der Waals surface area contributed by atoms with Gasteiger partial charge in [-0.15, -0.1) is 0 Å². The van der Waals surface area contributed by atoms with Gasteiger partial charge in [0.1, 0.15) is 0 Å². The van der Waals surface area contributed by atoms with Crippen molar-refractivity contribution in [2.75, 3.05) is 6.54 Å². The summed E-state index contributed by atoms with van der Waals surface area (Å²) in [4.78, 5) is 15.6. The van der Waals surface area contributed by atoms with Gasteiger partial charge < -0.3 is 15.4 Å². The molecular weight excluding hydrogens is 254 g/mol. The lowest BCUT2D eigenvalue weighted by atomic mass is 9.97. The number of nitrogens with zero attached hydrogens (tertiary/aromatic N) is 2.